The van der Waals surface area contributed by atoms with Gasteiger partial charge < -0.3 is 20.6 Å². The highest BCUT2D eigenvalue weighted by atomic mass is 35.5. The van der Waals surface area contributed by atoms with Gasteiger partial charge in [-0.1, -0.05) is 13.3 Å². The Morgan fingerprint density at radius 2 is 1.85 bits per heavy atom. The second kappa shape index (κ2) is 13.5. The molecule has 4 N–H and O–H groups in total. The van der Waals surface area contributed by atoms with E-state index in [1.54, 1.807) is 4.90 Å². The van der Waals surface area contributed by atoms with Gasteiger partial charge >= 0.3 is 5.97 Å². The van der Waals surface area contributed by atoms with Crippen molar-refractivity contribution in [3.05, 3.63) is 0 Å². The highest BCUT2D eigenvalue weighted by molar-refractivity contribution is 7.89. The Balaban J connectivity index is 0.00000544. The van der Waals surface area contributed by atoms with E-state index in [-0.39, 0.29) is 30.6 Å². The molecule has 0 spiro atoms. The Morgan fingerprint density at radius 3 is 2.45 bits per heavy atom. The van der Waals surface area contributed by atoms with Crippen molar-refractivity contribution < 1.29 is 27.9 Å². The molecule has 2 heterocycles. The predicted octanol–water partition coefficient (Wildman–Crippen LogP) is 1.06. The maximum atomic E-state index is 12.8. The van der Waals surface area contributed by atoms with Crippen LogP contribution in [0, 0.1) is 11.8 Å². The highest BCUT2D eigenvalue weighted by Gasteiger charge is 2.41. The van der Waals surface area contributed by atoms with Crippen molar-refractivity contribution >= 4 is 40.2 Å². The molecule has 2 fully saturated rings. The summed E-state index contributed by atoms with van der Waals surface area (Å²) in [7, 11) is -3.88. The molecule has 0 aliphatic carbocycles. The van der Waals surface area contributed by atoms with Gasteiger partial charge in [0.05, 0.1) is 11.7 Å². The fraction of sp³-hybridized carbons (Fsp3) is 0.857. The summed E-state index contributed by atoms with van der Waals surface area (Å²) >= 11 is 0. The van der Waals surface area contributed by atoms with Gasteiger partial charge in [-0.05, 0) is 64.5 Å². The molecule has 12 heteroatoms. The number of amides is 2. The van der Waals surface area contributed by atoms with Crippen molar-refractivity contribution in [2.24, 2.45) is 11.8 Å². The summed E-state index contributed by atoms with van der Waals surface area (Å²) < 4.78 is 26.6. The van der Waals surface area contributed by atoms with Crippen LogP contribution in [0.4, 0.5) is 0 Å². The lowest BCUT2D eigenvalue weighted by atomic mass is 9.92. The Hall–Kier alpha value is -1.43. The van der Waals surface area contributed by atoms with Crippen LogP contribution in [-0.4, -0.2) is 73.8 Å². The summed E-state index contributed by atoms with van der Waals surface area (Å²) in [5, 5.41) is 15.3. The standard InChI is InChI=1S/C21H38N4O6S.ClH/c1-3-4-14-32(30,31)24-21(2,20(28)29)23-19(27)17-6-5-13-25(15-17)18(26)8-7-16-9-11-22-12-10-16;/h16-17,22,24H,3-15H2,1-2H3,(H,23,27)(H,28,29);1H/t17-,21-;/m1./s1. The Labute approximate surface area is 203 Å². The summed E-state index contributed by atoms with van der Waals surface area (Å²) in [6.07, 6.45) is 5.61. The molecule has 2 aliphatic heterocycles. The van der Waals surface area contributed by atoms with E-state index in [0.29, 0.717) is 44.6 Å². The summed E-state index contributed by atoms with van der Waals surface area (Å²) in [6.45, 7) is 5.71. The van der Waals surface area contributed by atoms with Crippen molar-refractivity contribution in [2.75, 3.05) is 31.9 Å². The topological polar surface area (TPSA) is 145 Å². The zero-order valence-corrected chi connectivity index (χ0v) is 21.2. The molecule has 2 saturated heterocycles. The molecule has 33 heavy (non-hydrogen) atoms. The number of halogens is 1. The average Bonchev–Trinajstić information content (AvgIpc) is 2.76. The Morgan fingerprint density at radius 1 is 1.18 bits per heavy atom. The molecule has 0 bridgehead atoms. The van der Waals surface area contributed by atoms with Crippen LogP contribution in [-0.2, 0) is 24.4 Å². The third-order valence-corrected chi connectivity index (χ3v) is 7.84. The number of piperidine rings is 2. The summed E-state index contributed by atoms with van der Waals surface area (Å²) in [4.78, 5) is 39.0. The zero-order chi connectivity index (χ0) is 23.8. The number of carboxylic acids is 1. The number of nitrogens with one attached hydrogen (secondary N) is 3. The quantitative estimate of drug-likeness (QED) is 0.304. The van der Waals surface area contributed by atoms with Crippen LogP contribution in [0.25, 0.3) is 0 Å². The molecule has 0 aromatic heterocycles. The Kier molecular flexibility index (Phi) is 12.1. The highest BCUT2D eigenvalue weighted by Crippen LogP contribution is 2.22. The largest absolute Gasteiger partial charge is 0.478 e. The van der Waals surface area contributed by atoms with Crippen molar-refractivity contribution in [1.82, 2.24) is 20.3 Å². The van der Waals surface area contributed by atoms with Crippen LogP contribution in [0.15, 0.2) is 0 Å². The lowest BCUT2D eigenvalue weighted by Crippen LogP contribution is -2.65. The van der Waals surface area contributed by atoms with Crippen LogP contribution in [0.5, 0.6) is 0 Å². The first-order valence-electron chi connectivity index (χ1n) is 11.6. The molecular weight excluding hydrogens is 472 g/mol. The number of aliphatic carboxylic acids is 1. The number of sulfonamides is 1. The molecule has 0 aromatic carbocycles. The van der Waals surface area contributed by atoms with Crippen LogP contribution >= 0.6 is 12.4 Å². The molecular formula is C21H39ClN4O6S. The summed E-state index contributed by atoms with van der Waals surface area (Å²) in [5.41, 5.74) is -2.15. The van der Waals surface area contributed by atoms with Crippen LogP contribution in [0.2, 0.25) is 0 Å². The second-order valence-electron chi connectivity index (χ2n) is 9.10. The van der Waals surface area contributed by atoms with Crippen LogP contribution in [0.3, 0.4) is 0 Å². The second-order valence-corrected chi connectivity index (χ2v) is 10.9. The van der Waals surface area contributed by atoms with Gasteiger partial charge in [-0.25, -0.2) is 13.2 Å². The maximum absolute atomic E-state index is 12.8. The monoisotopic (exact) mass is 510 g/mol. The van der Waals surface area contributed by atoms with Gasteiger partial charge in [0.25, 0.3) is 0 Å². The average molecular weight is 511 g/mol. The SMILES string of the molecule is CCCCS(=O)(=O)N[C@@](C)(NC(=O)[C@@H]1CCCN(C(=O)CCC2CCNCC2)C1)C(=O)O.Cl. The first-order valence-corrected chi connectivity index (χ1v) is 13.3. The summed E-state index contributed by atoms with van der Waals surface area (Å²) in [6, 6.07) is 0. The van der Waals surface area contributed by atoms with Gasteiger partial charge in [0, 0.05) is 19.5 Å². The van der Waals surface area contributed by atoms with E-state index in [9.17, 15) is 27.9 Å². The van der Waals surface area contributed by atoms with Crippen molar-refractivity contribution in [3.8, 4) is 0 Å². The number of carboxylic acid groups (broad SMARTS) is 1. The number of carbonyl (C=O) groups is 3. The number of likely N-dealkylation sites (tertiary alicyclic amines) is 1. The smallest absolute Gasteiger partial charge is 0.345 e. The summed E-state index contributed by atoms with van der Waals surface area (Å²) in [5.74, 6) is -2.29. The number of hydrogen-bond donors (Lipinski definition) is 4. The molecule has 2 rings (SSSR count). The van der Waals surface area contributed by atoms with Crippen LogP contribution < -0.4 is 15.4 Å². The molecule has 0 aromatic rings. The first-order chi connectivity index (χ1) is 15.1. The lowest BCUT2D eigenvalue weighted by Gasteiger charge is -2.35. The molecule has 2 amide bonds. The number of carbonyl (C=O) groups excluding carboxylic acids is 2. The number of nitrogens with zero attached hydrogens (tertiary/aromatic N) is 1. The normalized spacial score (nSPS) is 21.5. The molecule has 0 radical (unpaired) electrons. The first kappa shape index (κ1) is 29.6. The van der Waals surface area contributed by atoms with Gasteiger partial charge in [0.15, 0.2) is 0 Å². The van der Waals surface area contributed by atoms with E-state index in [0.717, 1.165) is 39.3 Å². The maximum Gasteiger partial charge on any atom is 0.345 e. The molecule has 10 nitrogen and oxygen atoms in total. The Bertz CT molecular complexity index is 775. The van der Waals surface area contributed by atoms with Gasteiger partial charge in [-0.15, -0.1) is 12.4 Å². The van der Waals surface area contributed by atoms with E-state index < -0.39 is 33.5 Å². The van der Waals surface area contributed by atoms with E-state index in [2.05, 4.69) is 15.4 Å². The fourth-order valence-electron chi connectivity index (χ4n) is 4.24. The van der Waals surface area contributed by atoms with Gasteiger partial charge in [-0.2, -0.15) is 4.72 Å². The third kappa shape index (κ3) is 9.38. The van der Waals surface area contributed by atoms with E-state index >= 15 is 0 Å². The van der Waals surface area contributed by atoms with Gasteiger partial charge in [-0.3, -0.25) is 9.59 Å². The number of rotatable bonds is 11. The van der Waals surface area contributed by atoms with E-state index in [1.165, 1.54) is 0 Å². The van der Waals surface area contributed by atoms with E-state index in [1.807, 2.05) is 6.92 Å². The van der Waals surface area contributed by atoms with Gasteiger partial charge in [0.1, 0.15) is 0 Å². The molecule has 2 aliphatic rings. The third-order valence-electron chi connectivity index (χ3n) is 6.30. The minimum Gasteiger partial charge on any atom is -0.478 e. The molecule has 2 atom stereocenters. The fourth-order valence-corrected chi connectivity index (χ4v) is 5.77. The van der Waals surface area contributed by atoms with Crippen molar-refractivity contribution in [3.63, 3.8) is 0 Å². The van der Waals surface area contributed by atoms with Gasteiger partial charge in [0.2, 0.25) is 27.5 Å². The minimum absolute atomic E-state index is 0. The lowest BCUT2D eigenvalue weighted by molar-refractivity contribution is -0.149. The molecule has 0 saturated carbocycles. The van der Waals surface area contributed by atoms with Crippen molar-refractivity contribution in [2.45, 2.75) is 70.9 Å². The van der Waals surface area contributed by atoms with E-state index in [4.69, 9.17) is 0 Å². The molecule has 0 unspecified atom stereocenters. The minimum atomic E-state index is -3.88. The zero-order valence-electron chi connectivity index (χ0n) is 19.6. The molecule has 192 valence electrons. The number of unbranched alkanes of at least 4 members (excludes halogenated alkanes) is 1. The van der Waals surface area contributed by atoms with Crippen LogP contribution in [0.1, 0.15) is 65.2 Å². The predicted molar refractivity (Wildman–Crippen MR) is 127 cm³/mol. The van der Waals surface area contributed by atoms with Crippen molar-refractivity contribution in [1.29, 1.82) is 0 Å². The number of hydrogen-bond acceptors (Lipinski definition) is 6.